The zero-order valence-electron chi connectivity index (χ0n) is 13.2. The van der Waals surface area contributed by atoms with E-state index in [4.69, 9.17) is 4.74 Å². The Kier molecular flexibility index (Phi) is 3.73. The second-order valence-electron chi connectivity index (χ2n) is 5.66. The van der Waals surface area contributed by atoms with Crippen LogP contribution in [0.25, 0.3) is 11.0 Å². The molecule has 1 N–H and O–H groups in total. The second kappa shape index (κ2) is 5.72. The van der Waals surface area contributed by atoms with Crippen LogP contribution in [0.2, 0.25) is 0 Å². The summed E-state index contributed by atoms with van der Waals surface area (Å²) in [4.78, 5) is 18.0. The minimum Gasteiger partial charge on any atom is -0.483 e. The number of imidazole rings is 1. The van der Waals surface area contributed by atoms with E-state index in [1.807, 2.05) is 32.9 Å². The van der Waals surface area contributed by atoms with Crippen molar-refractivity contribution in [2.45, 2.75) is 26.9 Å². The van der Waals surface area contributed by atoms with Gasteiger partial charge >= 0.3 is 0 Å². The molecular weight excluding hydrogens is 294 g/mol. The molecule has 0 unspecified atom stereocenters. The van der Waals surface area contributed by atoms with Crippen LogP contribution in [0.15, 0.2) is 36.4 Å². The van der Waals surface area contributed by atoms with Crippen molar-refractivity contribution < 1.29 is 9.66 Å². The number of hydrogen-bond acceptors (Lipinski definition) is 4. The molecule has 0 aliphatic heterocycles. The number of rotatable bonds is 4. The quantitative estimate of drug-likeness (QED) is 0.577. The highest BCUT2D eigenvalue weighted by Crippen LogP contribution is 2.25. The van der Waals surface area contributed by atoms with Crippen LogP contribution >= 0.6 is 0 Å². The number of fused-ring (bicyclic) bond motifs is 1. The highest BCUT2D eigenvalue weighted by atomic mass is 16.6. The van der Waals surface area contributed by atoms with Crippen LogP contribution in [-0.4, -0.2) is 14.9 Å². The van der Waals surface area contributed by atoms with E-state index in [2.05, 4.69) is 16.0 Å². The molecule has 0 radical (unpaired) electrons. The largest absolute Gasteiger partial charge is 0.483 e. The molecule has 0 saturated heterocycles. The van der Waals surface area contributed by atoms with E-state index in [1.54, 1.807) is 6.07 Å². The molecule has 0 aliphatic carbocycles. The number of non-ortho nitro benzene ring substituents is 1. The average Bonchev–Trinajstić information content (AvgIpc) is 2.89. The lowest BCUT2D eigenvalue weighted by molar-refractivity contribution is -0.384. The number of ether oxygens (including phenoxy) is 1. The zero-order valence-corrected chi connectivity index (χ0v) is 13.2. The topological polar surface area (TPSA) is 81.1 Å². The monoisotopic (exact) mass is 311 g/mol. The van der Waals surface area contributed by atoms with E-state index in [-0.39, 0.29) is 11.8 Å². The first-order valence-corrected chi connectivity index (χ1v) is 7.31. The molecule has 3 aromatic rings. The third-order valence-corrected chi connectivity index (χ3v) is 3.59. The highest BCUT2D eigenvalue weighted by molar-refractivity contribution is 5.77. The molecule has 23 heavy (non-hydrogen) atoms. The molecule has 6 nitrogen and oxygen atoms in total. The van der Waals surface area contributed by atoms with Crippen LogP contribution in [0.3, 0.4) is 0 Å². The van der Waals surface area contributed by atoms with Crippen molar-refractivity contribution in [1.29, 1.82) is 0 Å². The second-order valence-corrected chi connectivity index (χ2v) is 5.66. The molecule has 1 aromatic heterocycles. The number of nitrogens with one attached hydrogen (secondary N) is 1. The van der Waals surface area contributed by atoms with Gasteiger partial charge in [0.2, 0.25) is 0 Å². The number of aryl methyl sites for hydroxylation is 2. The molecule has 1 atom stereocenters. The molecule has 0 saturated carbocycles. The minimum atomic E-state index is -0.421. The number of benzene rings is 2. The number of nitrogens with zero attached hydrogens (tertiary/aromatic N) is 2. The van der Waals surface area contributed by atoms with E-state index in [1.165, 1.54) is 12.1 Å². The standard InChI is InChI=1S/C17H17N3O3/c1-10-6-11(2)8-14(7-10)23-12(3)17-18-15-5-4-13(20(21)22)9-16(15)19-17/h4-9,12H,1-3H3,(H,18,19)/t12-/m0/s1. The Morgan fingerprint density at radius 2 is 1.87 bits per heavy atom. The number of aromatic amines is 1. The Morgan fingerprint density at radius 3 is 2.52 bits per heavy atom. The number of nitro groups is 1. The van der Waals surface area contributed by atoms with Crippen LogP contribution < -0.4 is 4.74 Å². The number of H-pyrrole nitrogens is 1. The molecule has 1 heterocycles. The predicted octanol–water partition coefficient (Wildman–Crippen LogP) is 4.23. The smallest absolute Gasteiger partial charge is 0.271 e. The van der Waals surface area contributed by atoms with Crippen LogP contribution in [0.5, 0.6) is 5.75 Å². The molecule has 0 amide bonds. The Labute approximate surface area is 133 Å². The third kappa shape index (κ3) is 3.15. The van der Waals surface area contributed by atoms with Gasteiger partial charge in [-0.3, -0.25) is 10.1 Å². The minimum absolute atomic E-state index is 0.0376. The van der Waals surface area contributed by atoms with Crippen LogP contribution in [0, 0.1) is 24.0 Å². The maximum Gasteiger partial charge on any atom is 0.271 e. The molecular formula is C17H17N3O3. The van der Waals surface area contributed by atoms with E-state index in [0.29, 0.717) is 16.9 Å². The molecule has 2 aromatic carbocycles. The normalized spacial score (nSPS) is 12.3. The number of aromatic nitrogens is 2. The summed E-state index contributed by atoms with van der Waals surface area (Å²) in [7, 11) is 0. The summed E-state index contributed by atoms with van der Waals surface area (Å²) in [5, 5.41) is 10.8. The average molecular weight is 311 g/mol. The SMILES string of the molecule is Cc1cc(C)cc(O[C@@H](C)c2nc3ccc([N+](=O)[O-])cc3[nH]2)c1. The van der Waals surface area contributed by atoms with Gasteiger partial charge < -0.3 is 9.72 Å². The molecule has 0 fully saturated rings. The van der Waals surface area contributed by atoms with Gasteiger partial charge in [0.05, 0.1) is 16.0 Å². The lowest BCUT2D eigenvalue weighted by Gasteiger charge is -2.13. The summed E-state index contributed by atoms with van der Waals surface area (Å²) < 4.78 is 5.94. The van der Waals surface area contributed by atoms with Gasteiger partial charge in [-0.15, -0.1) is 0 Å². The van der Waals surface area contributed by atoms with Crippen molar-refractivity contribution in [3.05, 3.63) is 63.5 Å². The Hall–Kier alpha value is -2.89. The van der Waals surface area contributed by atoms with Crippen molar-refractivity contribution >= 4 is 16.7 Å². The lowest BCUT2D eigenvalue weighted by atomic mass is 10.1. The summed E-state index contributed by atoms with van der Waals surface area (Å²) in [6, 6.07) is 10.6. The Bertz CT molecular complexity index is 866. The first-order chi connectivity index (χ1) is 10.9. The summed E-state index contributed by atoms with van der Waals surface area (Å²) >= 11 is 0. The lowest BCUT2D eigenvalue weighted by Crippen LogP contribution is -2.05. The number of nitro benzene ring substituents is 1. The summed E-state index contributed by atoms with van der Waals surface area (Å²) in [6.45, 7) is 5.93. The first-order valence-electron chi connectivity index (χ1n) is 7.31. The summed E-state index contributed by atoms with van der Waals surface area (Å²) in [5.74, 6) is 1.42. The van der Waals surface area contributed by atoms with E-state index >= 15 is 0 Å². The van der Waals surface area contributed by atoms with Crippen LogP contribution in [0.4, 0.5) is 5.69 Å². The maximum absolute atomic E-state index is 10.8. The Balaban J connectivity index is 1.88. The predicted molar refractivity (Wildman–Crippen MR) is 87.7 cm³/mol. The van der Waals surface area contributed by atoms with E-state index in [0.717, 1.165) is 16.9 Å². The summed E-state index contributed by atoms with van der Waals surface area (Å²) in [5.41, 5.74) is 3.61. The fraction of sp³-hybridized carbons (Fsp3) is 0.235. The molecule has 3 rings (SSSR count). The fourth-order valence-electron chi connectivity index (χ4n) is 2.58. The highest BCUT2D eigenvalue weighted by Gasteiger charge is 2.15. The maximum atomic E-state index is 10.8. The summed E-state index contributed by atoms with van der Waals surface area (Å²) in [6.07, 6.45) is -0.289. The molecule has 118 valence electrons. The third-order valence-electron chi connectivity index (χ3n) is 3.59. The van der Waals surface area contributed by atoms with Crippen LogP contribution in [0.1, 0.15) is 30.0 Å². The number of hydrogen-bond donors (Lipinski definition) is 1. The van der Waals surface area contributed by atoms with Gasteiger partial charge in [0.25, 0.3) is 5.69 Å². The van der Waals surface area contributed by atoms with Crippen molar-refractivity contribution in [3.8, 4) is 5.75 Å². The molecule has 0 bridgehead atoms. The molecule has 0 aliphatic rings. The Morgan fingerprint density at radius 1 is 1.17 bits per heavy atom. The van der Waals surface area contributed by atoms with Gasteiger partial charge in [-0.05, 0) is 50.1 Å². The van der Waals surface area contributed by atoms with Gasteiger partial charge in [-0.25, -0.2) is 4.98 Å². The van der Waals surface area contributed by atoms with Crippen molar-refractivity contribution in [2.75, 3.05) is 0 Å². The van der Waals surface area contributed by atoms with E-state index < -0.39 is 4.92 Å². The van der Waals surface area contributed by atoms with Crippen molar-refractivity contribution in [1.82, 2.24) is 9.97 Å². The molecule has 6 heteroatoms. The van der Waals surface area contributed by atoms with Gasteiger partial charge in [0.15, 0.2) is 6.10 Å². The van der Waals surface area contributed by atoms with Crippen molar-refractivity contribution in [2.24, 2.45) is 0 Å². The molecule has 0 spiro atoms. The van der Waals surface area contributed by atoms with Gasteiger partial charge in [-0.2, -0.15) is 0 Å². The zero-order chi connectivity index (χ0) is 16.6. The van der Waals surface area contributed by atoms with Crippen LogP contribution in [-0.2, 0) is 0 Å². The van der Waals surface area contributed by atoms with Gasteiger partial charge in [0, 0.05) is 12.1 Å². The van der Waals surface area contributed by atoms with E-state index in [9.17, 15) is 10.1 Å². The van der Waals surface area contributed by atoms with Gasteiger partial charge in [0.1, 0.15) is 11.6 Å². The van der Waals surface area contributed by atoms with Crippen molar-refractivity contribution in [3.63, 3.8) is 0 Å². The van der Waals surface area contributed by atoms with Gasteiger partial charge in [-0.1, -0.05) is 6.07 Å². The first kappa shape index (κ1) is 15.0. The fourth-order valence-corrected chi connectivity index (χ4v) is 2.58.